The molecule has 0 saturated carbocycles. The first kappa shape index (κ1) is 34.2. The second kappa shape index (κ2) is 15.6. The largest absolute Gasteiger partial charge is 0.486 e. The van der Waals surface area contributed by atoms with Crippen LogP contribution in [0, 0.1) is 11.8 Å². The number of carbonyl (C=O) groups excluding carboxylic acids is 3. The molecule has 0 radical (unpaired) electrons. The number of amides is 2. The first-order valence-electron chi connectivity index (χ1n) is 15.4. The summed E-state index contributed by atoms with van der Waals surface area (Å²) in [5.41, 5.74) is 3.23. The number of rotatable bonds is 13. The SMILES string of the molecule is CNC(=O)C1CNCC(CC(=O)CCC(=O)N(C)c2ccc(Cl)c(COc3cccc4c3nc(OC)n4Cc3ccccn3)c2Cl)C1. The number of piperidine rings is 1. The van der Waals surface area contributed by atoms with E-state index >= 15 is 0 Å². The number of pyridine rings is 1. The molecule has 0 bridgehead atoms. The molecule has 2 N–H and O–H groups in total. The molecule has 13 heteroatoms. The average Bonchev–Trinajstić information content (AvgIpc) is 3.44. The Kier molecular flexibility index (Phi) is 11.3. The summed E-state index contributed by atoms with van der Waals surface area (Å²) in [6.07, 6.45) is 2.84. The van der Waals surface area contributed by atoms with Gasteiger partial charge < -0.3 is 25.0 Å². The molecule has 1 fully saturated rings. The van der Waals surface area contributed by atoms with Crippen LogP contribution in [0.15, 0.2) is 54.7 Å². The number of hydrogen-bond acceptors (Lipinski definition) is 8. The van der Waals surface area contributed by atoms with Crippen molar-refractivity contribution in [3.8, 4) is 11.8 Å². The third-order valence-electron chi connectivity index (χ3n) is 8.40. The summed E-state index contributed by atoms with van der Waals surface area (Å²) < 4.78 is 13.7. The Morgan fingerprint density at radius 3 is 2.66 bits per heavy atom. The molecule has 1 saturated heterocycles. The summed E-state index contributed by atoms with van der Waals surface area (Å²) in [7, 11) is 4.79. The van der Waals surface area contributed by atoms with Crippen LogP contribution >= 0.6 is 23.2 Å². The Labute approximate surface area is 283 Å². The molecule has 47 heavy (non-hydrogen) atoms. The second-order valence-corrected chi connectivity index (χ2v) is 12.3. The Bertz CT molecular complexity index is 1750. The topological polar surface area (TPSA) is 128 Å². The van der Waals surface area contributed by atoms with Gasteiger partial charge in [-0.25, -0.2) is 0 Å². The molecular formula is C34H38Cl2N6O5. The van der Waals surface area contributed by atoms with Crippen molar-refractivity contribution in [3.05, 3.63) is 76.0 Å². The summed E-state index contributed by atoms with van der Waals surface area (Å²) in [6.45, 7) is 1.76. The highest BCUT2D eigenvalue weighted by atomic mass is 35.5. The summed E-state index contributed by atoms with van der Waals surface area (Å²) in [6, 6.07) is 15.1. The van der Waals surface area contributed by atoms with Gasteiger partial charge in [0.05, 0.1) is 41.5 Å². The maximum atomic E-state index is 13.1. The molecule has 1 aliphatic rings. The predicted molar refractivity (Wildman–Crippen MR) is 181 cm³/mol. The zero-order chi connectivity index (χ0) is 33.5. The monoisotopic (exact) mass is 680 g/mol. The Morgan fingerprint density at radius 1 is 1.09 bits per heavy atom. The van der Waals surface area contributed by atoms with Crippen molar-refractivity contribution in [2.75, 3.05) is 39.2 Å². The number of anilines is 1. The third-order valence-corrected chi connectivity index (χ3v) is 9.18. The summed E-state index contributed by atoms with van der Waals surface area (Å²) in [4.78, 5) is 48.4. The van der Waals surface area contributed by atoms with E-state index in [1.807, 2.05) is 34.9 Å². The molecule has 1 aliphatic heterocycles. The van der Waals surface area contributed by atoms with Crippen LogP contribution in [0.3, 0.4) is 0 Å². The summed E-state index contributed by atoms with van der Waals surface area (Å²) >= 11 is 13.4. The van der Waals surface area contributed by atoms with Crippen LogP contribution in [-0.4, -0.2) is 66.4 Å². The number of hydrogen-bond donors (Lipinski definition) is 2. The number of fused-ring (bicyclic) bond motifs is 1. The van der Waals surface area contributed by atoms with E-state index in [0.29, 0.717) is 66.0 Å². The van der Waals surface area contributed by atoms with Gasteiger partial charge in [-0.1, -0.05) is 35.3 Å². The van der Waals surface area contributed by atoms with Gasteiger partial charge in [-0.3, -0.25) is 23.9 Å². The lowest BCUT2D eigenvalue weighted by atomic mass is 9.86. The lowest BCUT2D eigenvalue weighted by Crippen LogP contribution is -2.43. The lowest BCUT2D eigenvalue weighted by molar-refractivity contribution is -0.127. The van der Waals surface area contributed by atoms with Gasteiger partial charge in [0.25, 0.3) is 6.01 Å². The van der Waals surface area contributed by atoms with Gasteiger partial charge in [0.15, 0.2) is 0 Å². The van der Waals surface area contributed by atoms with Crippen LogP contribution in [0.25, 0.3) is 11.0 Å². The van der Waals surface area contributed by atoms with Crippen molar-refractivity contribution < 1.29 is 23.9 Å². The molecule has 4 aromatic rings. The minimum atomic E-state index is -0.255. The fraction of sp³-hybridized carbons (Fsp3) is 0.382. The van der Waals surface area contributed by atoms with Crippen molar-refractivity contribution in [1.82, 2.24) is 25.2 Å². The van der Waals surface area contributed by atoms with Crippen LogP contribution in [0.5, 0.6) is 11.8 Å². The minimum absolute atomic E-state index is 0.0133. The number of Topliss-reactive ketones (excluding diaryl/α,β-unsaturated/α-hetero) is 1. The highest BCUT2D eigenvalue weighted by Crippen LogP contribution is 2.36. The van der Waals surface area contributed by atoms with Gasteiger partial charge in [-0.2, -0.15) is 4.98 Å². The first-order valence-corrected chi connectivity index (χ1v) is 16.2. The molecule has 2 atom stereocenters. The summed E-state index contributed by atoms with van der Waals surface area (Å²) in [5, 5.41) is 6.57. The standard InChI is InChI=1S/C34H38Cl2N6O5/c1-37-33(45)22-15-21(17-38-18-22)16-24(43)10-13-30(44)41(2)27-12-11-26(35)25(31(27)36)20-47-29-9-6-8-28-32(29)40-34(46-3)42(28)19-23-7-4-5-14-39-23/h4-9,11-12,14,21-22,38H,10,13,15-20H2,1-3H3,(H,37,45). The summed E-state index contributed by atoms with van der Waals surface area (Å²) in [5.74, 6) is 0.114. The number of para-hydroxylation sites is 1. The maximum Gasteiger partial charge on any atom is 0.297 e. The van der Waals surface area contributed by atoms with Gasteiger partial charge in [0, 0.05) is 56.7 Å². The van der Waals surface area contributed by atoms with Crippen LogP contribution in [0.4, 0.5) is 5.69 Å². The highest BCUT2D eigenvalue weighted by molar-refractivity contribution is 6.38. The quantitative estimate of drug-likeness (QED) is 0.201. The molecular weight excluding hydrogens is 643 g/mol. The van der Waals surface area contributed by atoms with Crippen LogP contribution in [-0.2, 0) is 27.5 Å². The van der Waals surface area contributed by atoms with Gasteiger partial charge in [0.1, 0.15) is 23.7 Å². The molecule has 2 unspecified atom stereocenters. The zero-order valence-electron chi connectivity index (χ0n) is 26.6. The average molecular weight is 682 g/mol. The van der Waals surface area contributed by atoms with Crippen LogP contribution < -0.4 is 25.0 Å². The number of imidazole rings is 1. The number of carbonyl (C=O) groups is 3. The van der Waals surface area contributed by atoms with E-state index in [2.05, 4.69) is 20.6 Å². The Hall–Kier alpha value is -4.19. The van der Waals surface area contributed by atoms with E-state index in [1.165, 1.54) is 4.90 Å². The number of aromatic nitrogens is 3. The van der Waals surface area contributed by atoms with Gasteiger partial charge >= 0.3 is 0 Å². The molecule has 2 aromatic heterocycles. The van der Waals surface area contributed by atoms with E-state index in [4.69, 9.17) is 32.7 Å². The number of benzene rings is 2. The highest BCUT2D eigenvalue weighted by Gasteiger charge is 2.28. The van der Waals surface area contributed by atoms with Crippen molar-refractivity contribution in [3.63, 3.8) is 0 Å². The van der Waals surface area contributed by atoms with Crippen molar-refractivity contribution >= 4 is 57.5 Å². The minimum Gasteiger partial charge on any atom is -0.486 e. The van der Waals surface area contributed by atoms with Crippen LogP contribution in [0.1, 0.15) is 36.9 Å². The lowest BCUT2D eigenvalue weighted by Gasteiger charge is -2.28. The fourth-order valence-electron chi connectivity index (χ4n) is 5.87. The van der Waals surface area contributed by atoms with Gasteiger partial charge in [-0.05, 0) is 55.3 Å². The molecule has 0 spiro atoms. The number of nitrogens with one attached hydrogen (secondary N) is 2. The molecule has 0 aliphatic carbocycles. The number of ketones is 1. The molecule has 3 heterocycles. The predicted octanol–water partition coefficient (Wildman–Crippen LogP) is 5.05. The molecule has 248 valence electrons. The van der Waals surface area contributed by atoms with Crippen molar-refractivity contribution in [1.29, 1.82) is 0 Å². The van der Waals surface area contributed by atoms with Crippen molar-refractivity contribution in [2.45, 2.75) is 38.8 Å². The molecule has 2 amide bonds. The van der Waals surface area contributed by atoms with E-state index < -0.39 is 0 Å². The number of ether oxygens (including phenoxy) is 2. The zero-order valence-corrected chi connectivity index (χ0v) is 28.1. The Morgan fingerprint density at radius 2 is 1.91 bits per heavy atom. The fourth-order valence-corrected chi connectivity index (χ4v) is 6.47. The van der Waals surface area contributed by atoms with E-state index in [1.54, 1.807) is 45.6 Å². The van der Waals surface area contributed by atoms with E-state index in [-0.39, 0.29) is 53.9 Å². The number of methoxy groups -OCH3 is 1. The molecule has 2 aromatic carbocycles. The smallest absolute Gasteiger partial charge is 0.297 e. The normalized spacial score (nSPS) is 16.1. The van der Waals surface area contributed by atoms with E-state index in [9.17, 15) is 14.4 Å². The maximum absolute atomic E-state index is 13.1. The van der Waals surface area contributed by atoms with Crippen molar-refractivity contribution in [2.24, 2.45) is 11.8 Å². The van der Waals surface area contributed by atoms with Gasteiger partial charge in [-0.15, -0.1) is 0 Å². The molecule has 5 rings (SSSR count). The van der Waals surface area contributed by atoms with Gasteiger partial charge in [0.2, 0.25) is 11.8 Å². The van der Waals surface area contributed by atoms with E-state index in [0.717, 1.165) is 11.2 Å². The van der Waals surface area contributed by atoms with Crippen LogP contribution in [0.2, 0.25) is 10.0 Å². The second-order valence-electron chi connectivity index (χ2n) is 11.5. The number of halogens is 2. The number of nitrogens with zero attached hydrogens (tertiary/aromatic N) is 4. The molecule has 11 nitrogen and oxygen atoms in total. The Balaban J connectivity index is 1.24. The third kappa shape index (κ3) is 8.04. The first-order chi connectivity index (χ1) is 22.7.